The standard InChI is InChI=1S/C19H17BrN4S/c1-12-11-13(7-8-14(12)20)24-18(16-6-4-10-22-16)17(23-19(24)25)15-5-2-3-9-21-15/h2-11,17-18,22H,1H3,(H,23,25)/t17-,18+/m1/s1. The molecular formula is C19H17BrN4S. The van der Waals surface area contributed by atoms with E-state index in [4.69, 9.17) is 12.2 Å². The van der Waals surface area contributed by atoms with E-state index in [1.54, 1.807) is 0 Å². The molecule has 4 nitrogen and oxygen atoms in total. The largest absolute Gasteiger partial charge is 0.363 e. The highest BCUT2D eigenvalue weighted by atomic mass is 79.9. The molecule has 2 aromatic heterocycles. The summed E-state index contributed by atoms with van der Waals surface area (Å²) in [5.41, 5.74) is 4.31. The molecule has 3 heterocycles. The van der Waals surface area contributed by atoms with E-state index in [1.165, 1.54) is 5.56 Å². The number of aromatic amines is 1. The number of anilines is 1. The highest BCUT2D eigenvalue weighted by molar-refractivity contribution is 9.10. The number of rotatable bonds is 3. The van der Waals surface area contributed by atoms with Crippen LogP contribution >= 0.6 is 28.1 Å². The van der Waals surface area contributed by atoms with Crippen LogP contribution < -0.4 is 10.2 Å². The molecule has 6 heteroatoms. The fourth-order valence-corrected chi connectivity index (χ4v) is 3.85. The minimum Gasteiger partial charge on any atom is -0.363 e. The Bertz CT molecular complexity index is 895. The van der Waals surface area contributed by atoms with Crippen molar-refractivity contribution in [3.8, 4) is 0 Å². The summed E-state index contributed by atoms with van der Waals surface area (Å²) < 4.78 is 1.09. The number of H-pyrrole nitrogens is 1. The van der Waals surface area contributed by atoms with Gasteiger partial charge >= 0.3 is 0 Å². The van der Waals surface area contributed by atoms with Gasteiger partial charge in [-0.3, -0.25) is 4.98 Å². The van der Waals surface area contributed by atoms with Gasteiger partial charge in [-0.2, -0.15) is 0 Å². The van der Waals surface area contributed by atoms with Crippen molar-refractivity contribution in [2.75, 3.05) is 4.90 Å². The molecular weight excluding hydrogens is 396 g/mol. The number of thiocarbonyl (C=S) groups is 1. The van der Waals surface area contributed by atoms with Crippen molar-refractivity contribution in [3.05, 3.63) is 82.3 Å². The number of aromatic nitrogens is 2. The van der Waals surface area contributed by atoms with E-state index in [0.717, 1.165) is 21.5 Å². The zero-order valence-electron chi connectivity index (χ0n) is 13.6. The van der Waals surface area contributed by atoms with Gasteiger partial charge in [0.1, 0.15) is 6.04 Å². The molecule has 0 amide bonds. The van der Waals surface area contributed by atoms with Crippen LogP contribution in [0.1, 0.15) is 29.0 Å². The number of benzene rings is 1. The molecule has 1 saturated heterocycles. The van der Waals surface area contributed by atoms with Crippen LogP contribution in [-0.4, -0.2) is 15.1 Å². The first-order valence-electron chi connectivity index (χ1n) is 8.05. The average molecular weight is 413 g/mol. The molecule has 0 unspecified atom stereocenters. The average Bonchev–Trinajstić information content (AvgIpc) is 3.25. The smallest absolute Gasteiger partial charge is 0.174 e. The molecule has 25 heavy (non-hydrogen) atoms. The highest BCUT2D eigenvalue weighted by Gasteiger charge is 2.41. The summed E-state index contributed by atoms with van der Waals surface area (Å²) in [6.07, 6.45) is 3.76. The third-order valence-corrected chi connectivity index (χ3v) is 5.66. The summed E-state index contributed by atoms with van der Waals surface area (Å²) in [7, 11) is 0. The number of aryl methyl sites for hydroxylation is 1. The Hall–Kier alpha value is -2.18. The normalized spacial score (nSPS) is 19.9. The van der Waals surface area contributed by atoms with Crippen molar-refractivity contribution in [2.24, 2.45) is 0 Å². The van der Waals surface area contributed by atoms with Gasteiger partial charge in [-0.15, -0.1) is 0 Å². The lowest BCUT2D eigenvalue weighted by molar-refractivity contribution is 0.558. The summed E-state index contributed by atoms with van der Waals surface area (Å²) in [4.78, 5) is 10.1. The first kappa shape index (κ1) is 16.3. The van der Waals surface area contributed by atoms with E-state index < -0.39 is 0 Å². The van der Waals surface area contributed by atoms with Crippen LogP contribution in [0.5, 0.6) is 0 Å². The maximum atomic E-state index is 5.69. The van der Waals surface area contributed by atoms with Crippen LogP contribution in [0.15, 0.2) is 65.4 Å². The van der Waals surface area contributed by atoms with Crippen LogP contribution in [-0.2, 0) is 0 Å². The van der Waals surface area contributed by atoms with Gasteiger partial charge in [0.05, 0.1) is 11.7 Å². The van der Waals surface area contributed by atoms with Crippen LogP contribution in [0.25, 0.3) is 0 Å². The monoisotopic (exact) mass is 412 g/mol. The zero-order valence-corrected chi connectivity index (χ0v) is 16.0. The molecule has 0 bridgehead atoms. The molecule has 1 aromatic carbocycles. The van der Waals surface area contributed by atoms with Crippen molar-refractivity contribution < 1.29 is 0 Å². The van der Waals surface area contributed by atoms with Gasteiger partial charge < -0.3 is 15.2 Å². The van der Waals surface area contributed by atoms with E-state index >= 15 is 0 Å². The summed E-state index contributed by atoms with van der Waals surface area (Å²) >= 11 is 9.26. The predicted octanol–water partition coefficient (Wildman–Crippen LogP) is 4.66. The number of hydrogen-bond donors (Lipinski definition) is 2. The second-order valence-corrected chi connectivity index (χ2v) is 7.30. The minimum absolute atomic E-state index is 0.0120. The van der Waals surface area contributed by atoms with Crippen molar-refractivity contribution >= 4 is 38.9 Å². The van der Waals surface area contributed by atoms with Gasteiger partial charge in [-0.1, -0.05) is 22.0 Å². The zero-order chi connectivity index (χ0) is 17.4. The third-order valence-electron chi connectivity index (χ3n) is 4.46. The quantitative estimate of drug-likeness (QED) is 0.614. The third kappa shape index (κ3) is 2.96. The maximum Gasteiger partial charge on any atom is 0.174 e. The van der Waals surface area contributed by atoms with E-state index in [0.29, 0.717) is 5.11 Å². The molecule has 2 N–H and O–H groups in total. The number of nitrogens with one attached hydrogen (secondary N) is 2. The summed E-state index contributed by atoms with van der Waals surface area (Å²) in [5, 5.41) is 4.16. The maximum absolute atomic E-state index is 5.69. The molecule has 1 aliphatic heterocycles. The first-order chi connectivity index (χ1) is 12.1. The van der Waals surface area contributed by atoms with E-state index in [9.17, 15) is 0 Å². The molecule has 0 radical (unpaired) electrons. The molecule has 1 fully saturated rings. The fraction of sp³-hybridized carbons (Fsp3) is 0.158. The number of pyridine rings is 1. The number of halogens is 1. The van der Waals surface area contributed by atoms with Gasteiger partial charge in [0.2, 0.25) is 0 Å². The molecule has 2 atom stereocenters. The van der Waals surface area contributed by atoms with E-state index in [1.807, 2.05) is 36.7 Å². The second kappa shape index (κ2) is 6.61. The topological polar surface area (TPSA) is 44.0 Å². The molecule has 1 aliphatic rings. The van der Waals surface area contributed by atoms with Gasteiger partial charge in [0.15, 0.2) is 5.11 Å². The molecule has 0 spiro atoms. The molecule has 4 rings (SSSR count). The van der Waals surface area contributed by atoms with Crippen LogP contribution in [0.2, 0.25) is 0 Å². The van der Waals surface area contributed by atoms with Crippen LogP contribution in [0.4, 0.5) is 5.69 Å². The van der Waals surface area contributed by atoms with Crippen molar-refractivity contribution in [1.82, 2.24) is 15.3 Å². The lowest BCUT2D eigenvalue weighted by Gasteiger charge is -2.27. The Morgan fingerprint density at radius 3 is 2.72 bits per heavy atom. The second-order valence-electron chi connectivity index (χ2n) is 6.06. The Balaban J connectivity index is 1.82. The molecule has 126 valence electrons. The number of hydrogen-bond acceptors (Lipinski definition) is 2. The molecule has 0 saturated carbocycles. The van der Waals surface area contributed by atoms with Crippen LogP contribution in [0.3, 0.4) is 0 Å². The molecule has 3 aromatic rings. The lowest BCUT2D eigenvalue weighted by Crippen LogP contribution is -2.29. The van der Waals surface area contributed by atoms with Gasteiger partial charge in [0, 0.05) is 28.2 Å². The Morgan fingerprint density at radius 2 is 2.04 bits per heavy atom. The summed E-state index contributed by atoms with van der Waals surface area (Å²) in [6.45, 7) is 2.08. The number of nitrogens with zero attached hydrogens (tertiary/aromatic N) is 2. The van der Waals surface area contributed by atoms with Crippen LogP contribution in [0, 0.1) is 6.92 Å². The fourth-order valence-electron chi connectivity index (χ4n) is 3.26. The van der Waals surface area contributed by atoms with Gasteiger partial charge in [-0.25, -0.2) is 0 Å². The highest BCUT2D eigenvalue weighted by Crippen LogP contribution is 2.41. The first-order valence-corrected chi connectivity index (χ1v) is 9.25. The van der Waals surface area contributed by atoms with Gasteiger partial charge in [-0.05, 0) is 67.2 Å². The van der Waals surface area contributed by atoms with Crippen molar-refractivity contribution in [3.63, 3.8) is 0 Å². The van der Waals surface area contributed by atoms with Crippen molar-refractivity contribution in [1.29, 1.82) is 0 Å². The lowest BCUT2D eigenvalue weighted by atomic mass is 10.0. The Kier molecular flexibility index (Phi) is 4.31. The van der Waals surface area contributed by atoms with E-state index in [2.05, 4.69) is 67.3 Å². The van der Waals surface area contributed by atoms with E-state index in [-0.39, 0.29) is 12.1 Å². The summed E-state index contributed by atoms with van der Waals surface area (Å²) in [5.74, 6) is 0. The predicted molar refractivity (Wildman–Crippen MR) is 108 cm³/mol. The SMILES string of the molecule is Cc1cc(N2C(=S)N[C@H](c3ccccn3)[C@@H]2c2ccc[nH]2)ccc1Br. The Labute approximate surface area is 160 Å². The van der Waals surface area contributed by atoms with Crippen molar-refractivity contribution in [2.45, 2.75) is 19.0 Å². The summed E-state index contributed by atoms with van der Waals surface area (Å²) in [6, 6.07) is 16.4. The minimum atomic E-state index is -0.0173. The van der Waals surface area contributed by atoms with Gasteiger partial charge in [0.25, 0.3) is 0 Å². The Morgan fingerprint density at radius 1 is 1.16 bits per heavy atom. The molecule has 0 aliphatic carbocycles.